The molecule has 0 heterocycles. The van der Waals surface area contributed by atoms with Crippen LogP contribution in [0.4, 0.5) is 14.5 Å². The van der Waals surface area contributed by atoms with Gasteiger partial charge in [-0.1, -0.05) is 12.1 Å². The molecule has 0 radical (unpaired) electrons. The van der Waals surface area contributed by atoms with Crippen LogP contribution in [0.3, 0.4) is 0 Å². The topological polar surface area (TPSA) is 68.9 Å². The molecule has 3 N–H and O–H groups in total. The van der Waals surface area contributed by atoms with E-state index < -0.39 is 11.6 Å². The normalized spacial score (nSPS) is 10.7. The Balaban J connectivity index is 0.00000288. The van der Waals surface area contributed by atoms with Gasteiger partial charge in [0, 0.05) is 6.07 Å². The molecule has 8 heteroatoms. The molecule has 0 aliphatic rings. The number of benzene rings is 2. The second-order valence-electron chi connectivity index (χ2n) is 4.52. The Bertz CT molecular complexity index is 699. The number of hydrogen-bond donors (Lipinski definition) is 2. The van der Waals surface area contributed by atoms with Crippen molar-refractivity contribution in [3.05, 3.63) is 54.1 Å². The van der Waals surface area contributed by atoms with Crippen molar-refractivity contribution in [2.24, 2.45) is 10.7 Å². The van der Waals surface area contributed by atoms with Crippen LogP contribution < -0.4 is 20.5 Å². The van der Waals surface area contributed by atoms with E-state index in [1.165, 1.54) is 6.07 Å². The Kier molecular flexibility index (Phi) is 8.24. The number of halogens is 3. The first-order valence-corrected chi connectivity index (χ1v) is 6.88. The number of nitrogens with zero attached hydrogens (tertiary/aromatic N) is 1. The zero-order chi connectivity index (χ0) is 16.7. The first-order chi connectivity index (χ1) is 11.1. The lowest BCUT2D eigenvalue weighted by Gasteiger charge is -2.10. The maximum absolute atomic E-state index is 13.4. The molecule has 0 saturated heterocycles. The summed E-state index contributed by atoms with van der Waals surface area (Å²) in [7, 11) is 1.55. The highest BCUT2D eigenvalue weighted by molar-refractivity contribution is 14.0. The molecule has 24 heavy (non-hydrogen) atoms. The van der Waals surface area contributed by atoms with Crippen molar-refractivity contribution >= 4 is 35.6 Å². The predicted molar refractivity (Wildman–Crippen MR) is 100 cm³/mol. The number of aliphatic imine (C=N–C) groups is 1. The van der Waals surface area contributed by atoms with E-state index in [1.54, 1.807) is 19.2 Å². The zero-order valence-corrected chi connectivity index (χ0v) is 15.3. The lowest BCUT2D eigenvalue weighted by Crippen LogP contribution is -2.23. The number of methoxy groups -OCH3 is 1. The van der Waals surface area contributed by atoms with Crippen molar-refractivity contribution in [1.29, 1.82) is 0 Å². The summed E-state index contributed by atoms with van der Waals surface area (Å²) in [6.45, 7) is 0.321. The summed E-state index contributed by atoms with van der Waals surface area (Å²) in [4.78, 5) is 4.06. The second-order valence-corrected chi connectivity index (χ2v) is 4.52. The number of nitrogens with two attached hydrogens (primary N) is 1. The van der Waals surface area contributed by atoms with Gasteiger partial charge in [-0.05, 0) is 24.3 Å². The smallest absolute Gasteiger partial charge is 0.193 e. The van der Waals surface area contributed by atoms with Crippen LogP contribution in [0.15, 0.2) is 47.5 Å². The Labute approximate surface area is 155 Å². The molecule has 2 aromatic carbocycles. The molecule has 0 aliphatic carbocycles. The lowest BCUT2D eigenvalue weighted by atomic mass is 10.3. The summed E-state index contributed by atoms with van der Waals surface area (Å²) in [6, 6.07) is 10.4. The van der Waals surface area contributed by atoms with Crippen molar-refractivity contribution in [3.8, 4) is 11.5 Å². The molecular weight excluding hydrogens is 431 g/mol. The van der Waals surface area contributed by atoms with Crippen molar-refractivity contribution in [2.75, 3.05) is 25.6 Å². The minimum Gasteiger partial charge on any atom is -0.495 e. The van der Waals surface area contributed by atoms with Crippen LogP contribution in [0.1, 0.15) is 0 Å². The van der Waals surface area contributed by atoms with Gasteiger partial charge in [-0.15, -0.1) is 24.0 Å². The third-order valence-electron chi connectivity index (χ3n) is 2.89. The average molecular weight is 449 g/mol. The van der Waals surface area contributed by atoms with E-state index in [1.807, 2.05) is 12.1 Å². The highest BCUT2D eigenvalue weighted by Gasteiger charge is 2.05. The van der Waals surface area contributed by atoms with E-state index in [-0.39, 0.29) is 48.8 Å². The molecule has 0 amide bonds. The molecule has 130 valence electrons. The minimum absolute atomic E-state index is 0. The number of hydrogen-bond acceptors (Lipinski definition) is 3. The Morgan fingerprint density at radius 2 is 1.92 bits per heavy atom. The van der Waals surface area contributed by atoms with Crippen LogP contribution in [-0.4, -0.2) is 26.2 Å². The second kappa shape index (κ2) is 9.91. The fraction of sp³-hybridized carbons (Fsp3) is 0.188. The molecule has 0 spiro atoms. The molecule has 0 aliphatic heterocycles. The van der Waals surface area contributed by atoms with E-state index in [2.05, 4.69) is 10.3 Å². The van der Waals surface area contributed by atoms with E-state index in [0.29, 0.717) is 11.4 Å². The Morgan fingerprint density at radius 3 is 2.62 bits per heavy atom. The fourth-order valence-corrected chi connectivity index (χ4v) is 1.84. The molecule has 5 nitrogen and oxygen atoms in total. The molecule has 0 saturated carbocycles. The Morgan fingerprint density at radius 1 is 1.17 bits per heavy atom. The number of guanidine groups is 1. The van der Waals surface area contributed by atoms with Crippen LogP contribution in [0, 0.1) is 11.6 Å². The first-order valence-electron chi connectivity index (χ1n) is 6.88. The SMILES string of the molecule is COc1ccccc1NC(N)=NCCOc1ccc(F)cc1F.I. The van der Waals surface area contributed by atoms with Crippen molar-refractivity contribution in [1.82, 2.24) is 0 Å². The minimum atomic E-state index is -0.755. The number of rotatable bonds is 6. The quantitative estimate of drug-likeness (QED) is 0.307. The highest BCUT2D eigenvalue weighted by Crippen LogP contribution is 2.22. The largest absolute Gasteiger partial charge is 0.495 e. The standard InChI is InChI=1S/C16H17F2N3O2.HI/c1-22-15-5-3-2-4-13(15)21-16(19)20-8-9-23-14-7-6-11(17)10-12(14)18;/h2-7,10H,8-9H2,1H3,(H3,19,20,21);1H. The number of anilines is 1. The van der Waals surface area contributed by atoms with Gasteiger partial charge in [-0.3, -0.25) is 0 Å². The van der Waals surface area contributed by atoms with Gasteiger partial charge in [0.05, 0.1) is 19.3 Å². The van der Waals surface area contributed by atoms with E-state index in [0.717, 1.165) is 12.1 Å². The zero-order valence-electron chi connectivity index (χ0n) is 13.0. The van der Waals surface area contributed by atoms with Crippen LogP contribution in [0.25, 0.3) is 0 Å². The van der Waals surface area contributed by atoms with E-state index in [4.69, 9.17) is 15.2 Å². The monoisotopic (exact) mass is 449 g/mol. The summed E-state index contributed by atoms with van der Waals surface area (Å²) < 4.78 is 36.5. The highest BCUT2D eigenvalue weighted by atomic mass is 127. The number of para-hydroxylation sites is 2. The first kappa shape index (κ1) is 19.9. The third-order valence-corrected chi connectivity index (χ3v) is 2.89. The van der Waals surface area contributed by atoms with Gasteiger partial charge in [-0.2, -0.15) is 0 Å². The van der Waals surface area contributed by atoms with Crippen molar-refractivity contribution < 1.29 is 18.3 Å². The van der Waals surface area contributed by atoms with E-state index in [9.17, 15) is 8.78 Å². The molecule has 2 rings (SSSR count). The predicted octanol–water partition coefficient (Wildman–Crippen LogP) is 3.40. The van der Waals surface area contributed by atoms with Gasteiger partial charge in [0.1, 0.15) is 18.2 Å². The molecule has 0 unspecified atom stereocenters. The summed E-state index contributed by atoms with van der Waals surface area (Å²) in [5.41, 5.74) is 6.44. The molecule has 0 bridgehead atoms. The van der Waals surface area contributed by atoms with Gasteiger partial charge in [0.25, 0.3) is 0 Å². The third kappa shape index (κ3) is 5.84. The fourth-order valence-electron chi connectivity index (χ4n) is 1.84. The number of nitrogens with one attached hydrogen (secondary N) is 1. The van der Waals surface area contributed by atoms with Crippen LogP contribution in [0.2, 0.25) is 0 Å². The lowest BCUT2D eigenvalue weighted by molar-refractivity contribution is 0.310. The molecule has 0 fully saturated rings. The summed E-state index contributed by atoms with van der Waals surface area (Å²) >= 11 is 0. The molecule has 0 atom stereocenters. The number of ether oxygens (including phenoxy) is 2. The Hall–Kier alpha value is -2.10. The summed E-state index contributed by atoms with van der Waals surface area (Å²) in [5, 5.41) is 2.90. The van der Waals surface area contributed by atoms with Gasteiger partial charge < -0.3 is 20.5 Å². The maximum atomic E-state index is 13.4. The van der Waals surface area contributed by atoms with Crippen LogP contribution in [-0.2, 0) is 0 Å². The van der Waals surface area contributed by atoms with Crippen molar-refractivity contribution in [2.45, 2.75) is 0 Å². The van der Waals surface area contributed by atoms with Crippen LogP contribution in [0.5, 0.6) is 11.5 Å². The van der Waals surface area contributed by atoms with Crippen LogP contribution >= 0.6 is 24.0 Å². The molecule has 0 aromatic heterocycles. The van der Waals surface area contributed by atoms with Gasteiger partial charge in [0.2, 0.25) is 0 Å². The average Bonchev–Trinajstić information content (AvgIpc) is 2.53. The van der Waals surface area contributed by atoms with Gasteiger partial charge in [0.15, 0.2) is 17.5 Å². The van der Waals surface area contributed by atoms with E-state index >= 15 is 0 Å². The molecular formula is C16H18F2IN3O2. The summed E-state index contributed by atoms with van der Waals surface area (Å²) in [5.74, 6) is -0.627. The summed E-state index contributed by atoms with van der Waals surface area (Å²) in [6.07, 6.45) is 0. The van der Waals surface area contributed by atoms with Gasteiger partial charge >= 0.3 is 0 Å². The maximum Gasteiger partial charge on any atom is 0.193 e. The van der Waals surface area contributed by atoms with Gasteiger partial charge in [-0.25, -0.2) is 13.8 Å². The molecule has 2 aromatic rings. The van der Waals surface area contributed by atoms with Crippen molar-refractivity contribution in [3.63, 3.8) is 0 Å².